The Morgan fingerprint density at radius 1 is 1.41 bits per heavy atom. The molecule has 1 aliphatic carbocycles. The Bertz CT molecular complexity index is 638. The summed E-state index contributed by atoms with van der Waals surface area (Å²) < 4.78 is 2.05. The van der Waals surface area contributed by atoms with Gasteiger partial charge in [0, 0.05) is 31.4 Å². The molecular formula is C16H23N5S. The van der Waals surface area contributed by atoms with E-state index in [0.717, 1.165) is 29.6 Å². The molecule has 0 radical (unpaired) electrons. The molecule has 0 saturated heterocycles. The molecule has 6 heteroatoms. The van der Waals surface area contributed by atoms with E-state index < -0.39 is 0 Å². The Kier molecular flexibility index (Phi) is 5.11. The molecule has 0 saturated carbocycles. The van der Waals surface area contributed by atoms with E-state index in [2.05, 4.69) is 32.9 Å². The summed E-state index contributed by atoms with van der Waals surface area (Å²) in [4.78, 5) is 9.86. The SMILES string of the molecule is CN=C(NCCC1=CCCCC1)NCc1cn2ccsc2n1. The quantitative estimate of drug-likeness (QED) is 0.506. The third-order valence-corrected chi connectivity index (χ3v) is 4.70. The maximum Gasteiger partial charge on any atom is 0.193 e. The van der Waals surface area contributed by atoms with Crippen LogP contribution in [0.1, 0.15) is 37.8 Å². The van der Waals surface area contributed by atoms with Gasteiger partial charge in [0.25, 0.3) is 0 Å². The van der Waals surface area contributed by atoms with Gasteiger partial charge in [-0.15, -0.1) is 11.3 Å². The number of hydrogen-bond donors (Lipinski definition) is 2. The third kappa shape index (κ3) is 3.88. The highest BCUT2D eigenvalue weighted by Crippen LogP contribution is 2.19. The third-order valence-electron chi connectivity index (χ3n) is 3.93. The highest BCUT2D eigenvalue weighted by Gasteiger charge is 2.05. The molecule has 5 nitrogen and oxygen atoms in total. The van der Waals surface area contributed by atoms with Gasteiger partial charge in [-0.3, -0.25) is 9.39 Å². The first-order valence-corrected chi connectivity index (χ1v) is 8.76. The second kappa shape index (κ2) is 7.45. The lowest BCUT2D eigenvalue weighted by molar-refractivity contribution is 0.665. The minimum Gasteiger partial charge on any atom is -0.356 e. The molecule has 0 aromatic carbocycles. The number of fused-ring (bicyclic) bond motifs is 1. The first-order valence-electron chi connectivity index (χ1n) is 7.88. The number of hydrogen-bond acceptors (Lipinski definition) is 3. The van der Waals surface area contributed by atoms with Crippen LogP contribution in [0.3, 0.4) is 0 Å². The molecule has 0 aliphatic heterocycles. The van der Waals surface area contributed by atoms with Crippen LogP contribution >= 0.6 is 11.3 Å². The Morgan fingerprint density at radius 3 is 3.14 bits per heavy atom. The van der Waals surface area contributed by atoms with Crippen LogP contribution in [0.5, 0.6) is 0 Å². The lowest BCUT2D eigenvalue weighted by Crippen LogP contribution is -2.37. The largest absolute Gasteiger partial charge is 0.356 e. The standard InChI is InChI=1S/C16H23N5S/c1-17-15(18-8-7-13-5-3-2-4-6-13)19-11-14-12-21-9-10-22-16(21)20-14/h5,9-10,12H,2-4,6-8,11H2,1H3,(H2,17,18,19). The predicted molar refractivity (Wildman–Crippen MR) is 92.4 cm³/mol. The van der Waals surface area contributed by atoms with Crippen LogP contribution in [0.4, 0.5) is 0 Å². The molecule has 0 bridgehead atoms. The summed E-state index contributed by atoms with van der Waals surface area (Å²) in [5.41, 5.74) is 2.62. The molecule has 0 atom stereocenters. The van der Waals surface area contributed by atoms with Crippen molar-refractivity contribution in [1.82, 2.24) is 20.0 Å². The molecule has 2 heterocycles. The zero-order valence-electron chi connectivity index (χ0n) is 13.0. The Hall–Kier alpha value is -1.82. The van der Waals surface area contributed by atoms with E-state index in [1.807, 2.05) is 16.0 Å². The lowest BCUT2D eigenvalue weighted by Gasteiger charge is -2.14. The van der Waals surface area contributed by atoms with Gasteiger partial charge in [0.15, 0.2) is 10.9 Å². The Morgan fingerprint density at radius 2 is 2.36 bits per heavy atom. The van der Waals surface area contributed by atoms with Crippen molar-refractivity contribution in [3.05, 3.63) is 35.1 Å². The molecule has 0 amide bonds. The van der Waals surface area contributed by atoms with E-state index in [1.54, 1.807) is 24.0 Å². The fourth-order valence-corrected chi connectivity index (χ4v) is 3.45. The van der Waals surface area contributed by atoms with E-state index in [1.165, 1.54) is 25.7 Å². The van der Waals surface area contributed by atoms with Crippen molar-refractivity contribution < 1.29 is 0 Å². The smallest absolute Gasteiger partial charge is 0.193 e. The number of aliphatic imine (C=N–C) groups is 1. The summed E-state index contributed by atoms with van der Waals surface area (Å²) in [5, 5.41) is 8.74. The van der Waals surface area contributed by atoms with Crippen LogP contribution < -0.4 is 10.6 Å². The molecule has 118 valence electrons. The molecule has 0 fully saturated rings. The second-order valence-corrected chi connectivity index (χ2v) is 6.41. The fraction of sp³-hybridized carbons (Fsp3) is 0.500. The van der Waals surface area contributed by atoms with Crippen molar-refractivity contribution in [1.29, 1.82) is 0 Å². The first kappa shape index (κ1) is 15.1. The molecule has 0 unspecified atom stereocenters. The van der Waals surface area contributed by atoms with Gasteiger partial charge in [-0.2, -0.15) is 0 Å². The van der Waals surface area contributed by atoms with E-state index in [4.69, 9.17) is 0 Å². The first-order chi connectivity index (χ1) is 10.8. The number of guanidine groups is 1. The van der Waals surface area contributed by atoms with Gasteiger partial charge < -0.3 is 10.6 Å². The number of allylic oxidation sites excluding steroid dienone is 1. The van der Waals surface area contributed by atoms with Gasteiger partial charge in [0.05, 0.1) is 12.2 Å². The maximum absolute atomic E-state index is 4.56. The van der Waals surface area contributed by atoms with Crippen LogP contribution in [0.15, 0.2) is 34.4 Å². The van der Waals surface area contributed by atoms with Crippen LogP contribution in [0.2, 0.25) is 0 Å². The molecule has 22 heavy (non-hydrogen) atoms. The molecule has 0 spiro atoms. The van der Waals surface area contributed by atoms with Crippen LogP contribution in [-0.2, 0) is 6.54 Å². The summed E-state index contributed by atoms with van der Waals surface area (Å²) in [7, 11) is 1.81. The normalized spacial score (nSPS) is 15.9. The summed E-state index contributed by atoms with van der Waals surface area (Å²) >= 11 is 1.65. The van der Waals surface area contributed by atoms with Gasteiger partial charge in [0.1, 0.15) is 0 Å². The summed E-state index contributed by atoms with van der Waals surface area (Å²) in [6.07, 6.45) is 12.8. The topological polar surface area (TPSA) is 53.7 Å². The lowest BCUT2D eigenvalue weighted by atomic mass is 9.97. The number of rotatable bonds is 5. The Labute approximate surface area is 135 Å². The molecular weight excluding hydrogens is 294 g/mol. The van der Waals surface area contributed by atoms with Crippen LogP contribution in [-0.4, -0.2) is 28.9 Å². The number of imidazole rings is 1. The second-order valence-electron chi connectivity index (χ2n) is 5.54. The van der Waals surface area contributed by atoms with Crippen molar-refractivity contribution in [3.8, 4) is 0 Å². The minimum atomic E-state index is 0.691. The monoisotopic (exact) mass is 317 g/mol. The van der Waals surface area contributed by atoms with Crippen LogP contribution in [0, 0.1) is 0 Å². The average Bonchev–Trinajstić information content (AvgIpc) is 3.13. The summed E-state index contributed by atoms with van der Waals surface area (Å²) in [6.45, 7) is 1.63. The zero-order chi connectivity index (χ0) is 15.2. The van der Waals surface area contributed by atoms with E-state index in [9.17, 15) is 0 Å². The number of thiazole rings is 1. The van der Waals surface area contributed by atoms with Crippen molar-refractivity contribution in [2.75, 3.05) is 13.6 Å². The van der Waals surface area contributed by atoms with E-state index in [0.29, 0.717) is 6.54 Å². The number of aromatic nitrogens is 2. The molecule has 2 aromatic heterocycles. The maximum atomic E-state index is 4.56. The highest BCUT2D eigenvalue weighted by molar-refractivity contribution is 7.15. The van der Waals surface area contributed by atoms with Gasteiger partial charge in [-0.25, -0.2) is 4.98 Å². The predicted octanol–water partition coefficient (Wildman–Crippen LogP) is 2.95. The van der Waals surface area contributed by atoms with Gasteiger partial charge in [-0.1, -0.05) is 11.6 Å². The van der Waals surface area contributed by atoms with Crippen molar-refractivity contribution in [2.45, 2.75) is 38.6 Å². The van der Waals surface area contributed by atoms with Crippen molar-refractivity contribution in [3.63, 3.8) is 0 Å². The highest BCUT2D eigenvalue weighted by atomic mass is 32.1. The van der Waals surface area contributed by atoms with Crippen molar-refractivity contribution in [2.24, 2.45) is 4.99 Å². The summed E-state index contributed by atoms with van der Waals surface area (Å²) in [6, 6.07) is 0. The number of nitrogens with zero attached hydrogens (tertiary/aromatic N) is 3. The fourth-order valence-electron chi connectivity index (χ4n) is 2.73. The molecule has 3 rings (SSSR count). The van der Waals surface area contributed by atoms with Gasteiger partial charge >= 0.3 is 0 Å². The van der Waals surface area contributed by atoms with Gasteiger partial charge in [0.2, 0.25) is 0 Å². The van der Waals surface area contributed by atoms with Crippen molar-refractivity contribution >= 4 is 22.3 Å². The molecule has 1 aliphatic rings. The summed E-state index contributed by atoms with van der Waals surface area (Å²) in [5.74, 6) is 0.841. The minimum absolute atomic E-state index is 0.691. The van der Waals surface area contributed by atoms with E-state index >= 15 is 0 Å². The molecule has 2 aromatic rings. The average molecular weight is 317 g/mol. The Balaban J connectivity index is 1.43. The van der Waals surface area contributed by atoms with Crippen LogP contribution in [0.25, 0.3) is 4.96 Å². The van der Waals surface area contributed by atoms with E-state index in [-0.39, 0.29) is 0 Å². The molecule has 2 N–H and O–H groups in total. The van der Waals surface area contributed by atoms with Gasteiger partial charge in [-0.05, 0) is 32.1 Å². The zero-order valence-corrected chi connectivity index (χ0v) is 13.8. The number of nitrogens with one attached hydrogen (secondary N) is 2.